The molecule has 52 heavy (non-hydrogen) atoms. The number of hydrogen-bond acceptors (Lipinski definition) is 2. The number of para-hydroxylation sites is 2. The van der Waals surface area contributed by atoms with Gasteiger partial charge in [0.1, 0.15) is 11.5 Å². The molecule has 0 aromatic heterocycles. The summed E-state index contributed by atoms with van der Waals surface area (Å²) in [4.78, 5) is 2.44. The van der Waals surface area contributed by atoms with Gasteiger partial charge in [-0.2, -0.15) is 0 Å². The molecule has 3 aliphatic rings. The molecule has 0 amide bonds. The largest absolute Gasteiger partial charge is 0.457 e. The first-order chi connectivity index (χ1) is 25.5. The second kappa shape index (κ2) is 10.6. The number of rotatable bonds is 3. The molecule has 0 radical (unpaired) electrons. The zero-order valence-electron chi connectivity index (χ0n) is 29.1. The normalized spacial score (nSPS) is 16.7. The maximum Gasteiger partial charge on any atom is 0.132 e. The summed E-state index contributed by atoms with van der Waals surface area (Å²) >= 11 is 0. The lowest BCUT2D eigenvalue weighted by atomic mass is 9.65. The Kier molecular flexibility index (Phi) is 5.97. The minimum absolute atomic E-state index is 0.107. The van der Waals surface area contributed by atoms with E-state index in [1.54, 1.807) is 0 Å². The average molecular weight is 666 g/mol. The molecule has 0 saturated carbocycles. The molecule has 2 aliphatic carbocycles. The first kappa shape index (κ1) is 29.4. The number of anilines is 3. The van der Waals surface area contributed by atoms with Crippen LogP contribution in [0, 0.1) is 0 Å². The Labute approximate surface area is 304 Å². The summed E-state index contributed by atoms with van der Waals surface area (Å²) in [7, 11) is 0. The van der Waals surface area contributed by atoms with E-state index in [9.17, 15) is 0 Å². The number of benzene rings is 8. The van der Waals surface area contributed by atoms with Gasteiger partial charge in [0.2, 0.25) is 0 Å². The highest BCUT2D eigenvalue weighted by atomic mass is 16.5. The average Bonchev–Trinajstić information content (AvgIpc) is 3.60. The summed E-state index contributed by atoms with van der Waals surface area (Å²) in [5, 5.41) is 2.42. The number of nitrogens with zero attached hydrogens (tertiary/aromatic N) is 1. The molecule has 2 nitrogen and oxygen atoms in total. The van der Waals surface area contributed by atoms with E-state index in [4.69, 9.17) is 4.74 Å². The van der Waals surface area contributed by atoms with Gasteiger partial charge in [0.15, 0.2) is 0 Å². The predicted molar refractivity (Wildman–Crippen MR) is 214 cm³/mol. The van der Waals surface area contributed by atoms with Crippen LogP contribution in [0.1, 0.15) is 47.2 Å². The minimum Gasteiger partial charge on any atom is -0.457 e. The molecule has 11 rings (SSSR count). The van der Waals surface area contributed by atoms with Crippen molar-refractivity contribution in [3.63, 3.8) is 0 Å². The van der Waals surface area contributed by atoms with Crippen LogP contribution in [0.4, 0.5) is 17.1 Å². The van der Waals surface area contributed by atoms with Crippen LogP contribution in [0.2, 0.25) is 0 Å². The van der Waals surface area contributed by atoms with Gasteiger partial charge < -0.3 is 9.64 Å². The van der Waals surface area contributed by atoms with Crippen molar-refractivity contribution in [3.05, 3.63) is 209 Å². The maximum absolute atomic E-state index is 6.80. The van der Waals surface area contributed by atoms with Crippen LogP contribution in [-0.2, 0) is 10.8 Å². The zero-order chi connectivity index (χ0) is 34.6. The summed E-state index contributed by atoms with van der Waals surface area (Å²) in [6.07, 6.45) is 0. The summed E-state index contributed by atoms with van der Waals surface area (Å²) < 4.78 is 6.80. The highest BCUT2D eigenvalue weighted by Gasteiger charge is 2.52. The van der Waals surface area contributed by atoms with Crippen LogP contribution in [0.15, 0.2) is 176 Å². The monoisotopic (exact) mass is 665 g/mol. The minimum atomic E-state index is -0.586. The van der Waals surface area contributed by atoms with E-state index < -0.39 is 5.41 Å². The molecular weight excluding hydrogens is 631 g/mol. The summed E-state index contributed by atoms with van der Waals surface area (Å²) in [6.45, 7) is 4.71. The van der Waals surface area contributed by atoms with Gasteiger partial charge in [-0.3, -0.25) is 0 Å². The molecule has 246 valence electrons. The SMILES string of the molecule is CC1(C)c2ccccc2-c2ccc(N(c3ccccc3)c3ccc4c(c3)C3(c5ccccc5Oc5ccc6ccccc6c53)c3ccccc3-4)cc21. The summed E-state index contributed by atoms with van der Waals surface area (Å²) in [5.74, 6) is 1.81. The lowest BCUT2D eigenvalue weighted by Gasteiger charge is -2.40. The van der Waals surface area contributed by atoms with Crippen LogP contribution in [-0.4, -0.2) is 0 Å². The van der Waals surface area contributed by atoms with Crippen molar-refractivity contribution >= 4 is 27.8 Å². The van der Waals surface area contributed by atoms with E-state index >= 15 is 0 Å². The third kappa shape index (κ3) is 3.79. The fraction of sp³-hybridized carbons (Fsp3) is 0.0800. The maximum atomic E-state index is 6.80. The summed E-state index contributed by atoms with van der Waals surface area (Å²) in [5.41, 5.74) is 15.6. The molecule has 2 heteroatoms. The van der Waals surface area contributed by atoms with Gasteiger partial charge in [0.05, 0.1) is 5.41 Å². The molecule has 8 aromatic rings. The van der Waals surface area contributed by atoms with Gasteiger partial charge in [-0.25, -0.2) is 0 Å². The Bertz CT molecular complexity index is 2760. The van der Waals surface area contributed by atoms with Crippen molar-refractivity contribution in [3.8, 4) is 33.8 Å². The van der Waals surface area contributed by atoms with Crippen LogP contribution >= 0.6 is 0 Å². The molecule has 0 N–H and O–H groups in total. The van der Waals surface area contributed by atoms with Gasteiger partial charge >= 0.3 is 0 Å². The second-order valence-corrected chi connectivity index (χ2v) is 14.9. The molecule has 1 aliphatic heterocycles. The fourth-order valence-corrected chi connectivity index (χ4v) is 9.66. The Balaban J connectivity index is 1.21. The van der Waals surface area contributed by atoms with Gasteiger partial charge in [0.25, 0.3) is 0 Å². The number of fused-ring (bicyclic) bond motifs is 14. The van der Waals surface area contributed by atoms with E-state index in [1.807, 2.05) is 0 Å². The molecular formula is C50H35NO. The van der Waals surface area contributed by atoms with Crippen LogP contribution < -0.4 is 9.64 Å². The van der Waals surface area contributed by atoms with E-state index in [-0.39, 0.29) is 5.41 Å². The quantitative estimate of drug-likeness (QED) is 0.186. The van der Waals surface area contributed by atoms with Crippen molar-refractivity contribution in [2.75, 3.05) is 4.90 Å². The standard InChI is InChI=1S/C50H35NO/c1-49(2)41-20-10-8-18-37(41)39-27-25-34(30-44(39)49)51(33-15-4-3-5-16-33)35-26-28-40-38-19-9-11-21-42(38)50(45(40)31-35)43-22-12-13-23-46(43)52-47-29-24-32-14-6-7-17-36(32)48(47)50/h3-31H,1-2H3. The predicted octanol–water partition coefficient (Wildman–Crippen LogP) is 13.1. The Morgan fingerprint density at radius 2 is 0.981 bits per heavy atom. The molecule has 0 saturated heterocycles. The molecule has 1 spiro atoms. The Morgan fingerprint density at radius 3 is 1.77 bits per heavy atom. The number of hydrogen-bond donors (Lipinski definition) is 0. The van der Waals surface area contributed by atoms with Crippen LogP contribution in [0.5, 0.6) is 11.5 Å². The molecule has 1 atom stereocenters. The van der Waals surface area contributed by atoms with Crippen molar-refractivity contribution in [2.45, 2.75) is 24.7 Å². The van der Waals surface area contributed by atoms with Crippen molar-refractivity contribution in [1.29, 1.82) is 0 Å². The van der Waals surface area contributed by atoms with Crippen molar-refractivity contribution in [2.24, 2.45) is 0 Å². The van der Waals surface area contributed by atoms with Gasteiger partial charge in [-0.05, 0) is 104 Å². The first-order valence-corrected chi connectivity index (χ1v) is 18.2. The van der Waals surface area contributed by atoms with Crippen LogP contribution in [0.3, 0.4) is 0 Å². The van der Waals surface area contributed by atoms with Crippen molar-refractivity contribution < 1.29 is 4.74 Å². The van der Waals surface area contributed by atoms with E-state index in [1.165, 1.54) is 66.4 Å². The molecule has 0 bridgehead atoms. The fourth-order valence-electron chi connectivity index (χ4n) is 9.66. The zero-order valence-corrected chi connectivity index (χ0v) is 29.1. The van der Waals surface area contributed by atoms with E-state index in [0.29, 0.717) is 0 Å². The van der Waals surface area contributed by atoms with Gasteiger partial charge in [-0.1, -0.05) is 141 Å². The Hall–Kier alpha value is -6.38. The third-order valence-corrected chi connectivity index (χ3v) is 11.9. The lowest BCUT2D eigenvalue weighted by molar-refractivity contribution is 0.438. The topological polar surface area (TPSA) is 12.5 Å². The van der Waals surface area contributed by atoms with E-state index in [0.717, 1.165) is 28.6 Å². The highest BCUT2D eigenvalue weighted by Crippen LogP contribution is 2.64. The van der Waals surface area contributed by atoms with Crippen LogP contribution in [0.25, 0.3) is 33.0 Å². The lowest BCUT2D eigenvalue weighted by Crippen LogP contribution is -2.32. The van der Waals surface area contributed by atoms with Crippen molar-refractivity contribution in [1.82, 2.24) is 0 Å². The Morgan fingerprint density at radius 1 is 0.404 bits per heavy atom. The van der Waals surface area contributed by atoms with E-state index in [2.05, 4.69) is 195 Å². The smallest absolute Gasteiger partial charge is 0.132 e. The highest BCUT2D eigenvalue weighted by molar-refractivity contribution is 5.98. The molecule has 0 fully saturated rings. The number of ether oxygens (including phenoxy) is 1. The molecule has 8 aromatic carbocycles. The second-order valence-electron chi connectivity index (χ2n) is 14.9. The third-order valence-electron chi connectivity index (χ3n) is 11.9. The van der Waals surface area contributed by atoms with Gasteiger partial charge in [-0.15, -0.1) is 0 Å². The molecule has 1 heterocycles. The molecule has 1 unspecified atom stereocenters. The van der Waals surface area contributed by atoms with Gasteiger partial charge in [0, 0.05) is 33.6 Å². The summed E-state index contributed by atoms with van der Waals surface area (Å²) in [6, 6.07) is 64.6. The first-order valence-electron chi connectivity index (χ1n) is 18.2.